The number of nitrogens with zero attached hydrogens (tertiary/aromatic N) is 2. The Balaban J connectivity index is 0.000000229. The minimum atomic E-state index is -1.74. The van der Waals surface area contributed by atoms with E-state index in [0.29, 0.717) is 5.75 Å². The Morgan fingerprint density at radius 3 is 1.40 bits per heavy atom. The van der Waals surface area contributed by atoms with Gasteiger partial charge in [0.25, 0.3) is 0 Å². The van der Waals surface area contributed by atoms with Gasteiger partial charge in [-0.1, -0.05) is 54.1 Å². The molecule has 0 bridgehead atoms. The third-order valence-electron chi connectivity index (χ3n) is 4.11. The molecule has 160 valence electrons. The van der Waals surface area contributed by atoms with Crippen LogP contribution in [0.1, 0.15) is 11.1 Å². The summed E-state index contributed by atoms with van der Waals surface area (Å²) in [4.78, 5) is 4.17. The number of hydrogen-bond acceptors (Lipinski definition) is 5. The lowest BCUT2D eigenvalue weighted by molar-refractivity contribution is 0.287. The van der Waals surface area contributed by atoms with Crippen LogP contribution >= 0.6 is 0 Å². The molecule has 0 saturated carbocycles. The maximum absolute atomic E-state index is 8.53. The highest BCUT2D eigenvalue weighted by atomic mass is 16.6. The van der Waals surface area contributed by atoms with Crippen LogP contribution in [0, 0.1) is 13.8 Å². The van der Waals surface area contributed by atoms with E-state index >= 15 is 0 Å². The summed E-state index contributed by atoms with van der Waals surface area (Å²) in [5.41, 5.74) is 4.50. The smallest absolute Gasteiger partial charge is 0.512 e. The minimum Gasteiger partial charge on any atom is -0.512 e. The van der Waals surface area contributed by atoms with E-state index in [9.17, 15) is 0 Å². The first-order valence-corrected chi connectivity index (χ1v) is 9.75. The van der Waals surface area contributed by atoms with Gasteiger partial charge in [-0.3, -0.25) is 0 Å². The van der Waals surface area contributed by atoms with Gasteiger partial charge < -0.3 is 24.5 Å². The summed E-state index contributed by atoms with van der Waals surface area (Å²) in [7, 11) is 6.40. The van der Waals surface area contributed by atoms with Crippen molar-refractivity contribution in [2.24, 2.45) is 0 Å². The van der Waals surface area contributed by atoms with Gasteiger partial charge in [-0.2, -0.15) is 0 Å². The summed E-state index contributed by atoms with van der Waals surface area (Å²) in [6.07, 6.45) is 0. The van der Waals surface area contributed by atoms with Crippen LogP contribution in [-0.2, 0) is 0 Å². The van der Waals surface area contributed by atoms with E-state index in [2.05, 4.69) is 34.1 Å². The molecule has 0 aromatic heterocycles. The molecular weight excluding hydrogens is 375 g/mol. The highest BCUT2D eigenvalue weighted by Gasteiger charge is 2.12. The van der Waals surface area contributed by atoms with Gasteiger partial charge in [0.05, 0.1) is 0 Å². The molecule has 0 fully saturated rings. The molecule has 0 aliphatic carbocycles. The lowest BCUT2D eigenvalue weighted by Crippen LogP contribution is -2.21. The second-order valence-electron chi connectivity index (χ2n) is 7.17. The highest BCUT2D eigenvalue weighted by molar-refractivity contribution is 6.33. The van der Waals surface area contributed by atoms with Crippen molar-refractivity contribution in [2.45, 2.75) is 13.8 Å². The third kappa shape index (κ3) is 10.0. The van der Waals surface area contributed by atoms with Crippen molar-refractivity contribution < 1.29 is 14.7 Å². The number of aryl methyl sites for hydroxylation is 2. The molecule has 0 atom stereocenters. The first-order valence-electron chi connectivity index (χ1n) is 9.75. The summed E-state index contributed by atoms with van der Waals surface area (Å²) in [5.74, 6) is 0.496. The molecular formula is C24H33BN2O3. The fraction of sp³-hybridized carbons (Fsp3) is 0.250. The summed E-state index contributed by atoms with van der Waals surface area (Å²) < 4.78 is 4.71. The molecule has 30 heavy (non-hydrogen) atoms. The fourth-order valence-electron chi connectivity index (χ4n) is 2.50. The molecule has 0 heterocycles. The summed E-state index contributed by atoms with van der Waals surface area (Å²) in [6.45, 7) is 3.82. The van der Waals surface area contributed by atoms with Crippen molar-refractivity contribution in [3.8, 4) is 5.75 Å². The highest BCUT2D eigenvalue weighted by Crippen LogP contribution is 2.18. The molecule has 6 heteroatoms. The Kier molecular flexibility index (Phi) is 11.1. The molecule has 0 aliphatic heterocycles. The van der Waals surface area contributed by atoms with Gasteiger partial charge in [0.15, 0.2) is 0 Å². The Bertz CT molecular complexity index is 798. The van der Waals surface area contributed by atoms with Crippen molar-refractivity contribution in [2.75, 3.05) is 38.0 Å². The number of anilines is 2. The van der Waals surface area contributed by atoms with Crippen LogP contribution in [0.5, 0.6) is 5.75 Å². The van der Waals surface area contributed by atoms with Gasteiger partial charge >= 0.3 is 7.32 Å². The van der Waals surface area contributed by atoms with Crippen molar-refractivity contribution in [1.82, 2.24) is 0 Å². The lowest BCUT2D eigenvalue weighted by atomic mass is 10.1. The van der Waals surface area contributed by atoms with Crippen LogP contribution in [0.4, 0.5) is 11.4 Å². The molecule has 2 N–H and O–H groups in total. The SMILES string of the molecule is CN(C)c1ccccc1.CN(C)c1ccccc1.Cc1ccc(OB(O)O)c(C)c1. The Hall–Kier alpha value is -2.96. The molecule has 3 aromatic rings. The zero-order valence-corrected chi connectivity index (χ0v) is 18.8. The maximum atomic E-state index is 8.53. The molecule has 0 unspecified atom stereocenters. The van der Waals surface area contributed by atoms with E-state index in [1.54, 1.807) is 6.07 Å². The predicted molar refractivity (Wildman–Crippen MR) is 128 cm³/mol. The van der Waals surface area contributed by atoms with Gasteiger partial charge in [0.1, 0.15) is 5.75 Å². The number of benzene rings is 3. The molecule has 5 nitrogen and oxygen atoms in total. The van der Waals surface area contributed by atoms with Crippen molar-refractivity contribution in [1.29, 1.82) is 0 Å². The predicted octanol–water partition coefficient (Wildman–Crippen LogP) is 4.16. The van der Waals surface area contributed by atoms with E-state index in [1.807, 2.05) is 90.6 Å². The average Bonchev–Trinajstić information content (AvgIpc) is 2.72. The molecule has 3 rings (SSSR count). The summed E-state index contributed by atoms with van der Waals surface area (Å²) >= 11 is 0. The topological polar surface area (TPSA) is 56.2 Å². The van der Waals surface area contributed by atoms with E-state index in [0.717, 1.165) is 11.1 Å². The van der Waals surface area contributed by atoms with Gasteiger partial charge in [-0.15, -0.1) is 0 Å². The number of hydrogen-bond donors (Lipinski definition) is 2. The van der Waals surface area contributed by atoms with Crippen molar-refractivity contribution >= 4 is 18.7 Å². The molecule has 0 saturated heterocycles. The molecule has 0 radical (unpaired) electrons. The molecule has 3 aromatic carbocycles. The van der Waals surface area contributed by atoms with Crippen LogP contribution in [0.2, 0.25) is 0 Å². The van der Waals surface area contributed by atoms with E-state index in [4.69, 9.17) is 14.7 Å². The first-order chi connectivity index (χ1) is 14.2. The monoisotopic (exact) mass is 408 g/mol. The van der Waals surface area contributed by atoms with Crippen molar-refractivity contribution in [3.63, 3.8) is 0 Å². The molecule has 0 amide bonds. The average molecular weight is 408 g/mol. The van der Waals surface area contributed by atoms with E-state index in [-0.39, 0.29) is 0 Å². The Morgan fingerprint density at radius 2 is 1.10 bits per heavy atom. The van der Waals surface area contributed by atoms with E-state index in [1.165, 1.54) is 11.4 Å². The number of para-hydroxylation sites is 2. The van der Waals surface area contributed by atoms with Crippen LogP contribution in [0.15, 0.2) is 78.9 Å². The minimum absolute atomic E-state index is 0.496. The van der Waals surface area contributed by atoms with Gasteiger partial charge in [-0.05, 0) is 49.7 Å². The number of rotatable bonds is 4. The lowest BCUT2D eigenvalue weighted by Gasteiger charge is -2.10. The second kappa shape index (κ2) is 13.3. The summed E-state index contributed by atoms with van der Waals surface area (Å²) in [5, 5.41) is 17.1. The zero-order chi connectivity index (χ0) is 22.5. The van der Waals surface area contributed by atoms with Crippen LogP contribution in [0.25, 0.3) is 0 Å². The van der Waals surface area contributed by atoms with Crippen LogP contribution in [-0.4, -0.2) is 45.6 Å². The quantitative estimate of drug-likeness (QED) is 0.635. The van der Waals surface area contributed by atoms with E-state index < -0.39 is 7.32 Å². The van der Waals surface area contributed by atoms with Crippen LogP contribution < -0.4 is 14.5 Å². The molecule has 0 spiro atoms. The fourth-order valence-corrected chi connectivity index (χ4v) is 2.50. The summed E-state index contributed by atoms with van der Waals surface area (Å²) in [6, 6.07) is 26.0. The maximum Gasteiger partial charge on any atom is 0.707 e. The normalized spacial score (nSPS) is 9.33. The largest absolute Gasteiger partial charge is 0.707 e. The zero-order valence-electron chi connectivity index (χ0n) is 18.8. The van der Waals surface area contributed by atoms with Gasteiger partial charge in [0, 0.05) is 39.6 Å². The van der Waals surface area contributed by atoms with Crippen LogP contribution in [0.3, 0.4) is 0 Å². The third-order valence-corrected chi connectivity index (χ3v) is 4.11. The Morgan fingerprint density at radius 1 is 0.667 bits per heavy atom. The van der Waals surface area contributed by atoms with Gasteiger partial charge in [0.2, 0.25) is 0 Å². The van der Waals surface area contributed by atoms with Gasteiger partial charge in [-0.25, -0.2) is 0 Å². The second-order valence-corrected chi connectivity index (χ2v) is 7.17. The molecule has 0 aliphatic rings. The first kappa shape index (κ1) is 25.1. The Labute approximate surface area is 181 Å². The van der Waals surface area contributed by atoms with Crippen molar-refractivity contribution in [3.05, 3.63) is 90.0 Å². The standard InChI is InChI=1S/C8H11BO3.2C8H11N/c1-6-3-4-8(7(2)5-6)12-9(10)11;2*1-9(2)8-6-4-3-5-7-8/h3-5,10-11H,1-2H3;2*3-7H,1-2H3.